The van der Waals surface area contributed by atoms with Crippen molar-refractivity contribution < 1.29 is 13.2 Å². The summed E-state index contributed by atoms with van der Waals surface area (Å²) < 4.78 is 37.5. The Morgan fingerprint density at radius 3 is 2.44 bits per heavy atom. The van der Waals surface area contributed by atoms with E-state index in [1.165, 1.54) is 6.07 Å². The summed E-state index contributed by atoms with van der Waals surface area (Å²) in [5, 5.41) is 0. The molecule has 2 aromatic rings. The molecule has 4 heteroatoms. The van der Waals surface area contributed by atoms with Crippen molar-refractivity contribution in [3.63, 3.8) is 0 Å². The molecule has 1 aromatic heterocycles. The van der Waals surface area contributed by atoms with Gasteiger partial charge in [0.1, 0.15) is 0 Å². The number of rotatable bonds is 2. The van der Waals surface area contributed by atoms with Crippen LogP contribution in [0.5, 0.6) is 0 Å². The quantitative estimate of drug-likeness (QED) is 0.774. The molecule has 0 saturated carbocycles. The lowest BCUT2D eigenvalue weighted by Crippen LogP contribution is -2.04. The summed E-state index contributed by atoms with van der Waals surface area (Å²) in [4.78, 5) is 4.06. The van der Waals surface area contributed by atoms with Crippen LogP contribution in [0.3, 0.4) is 0 Å². The summed E-state index contributed by atoms with van der Waals surface area (Å²) in [6.07, 6.45) is 0.605. The van der Waals surface area contributed by atoms with Crippen molar-refractivity contribution in [1.29, 1.82) is 0 Å². The van der Waals surface area contributed by atoms with Gasteiger partial charge in [-0.3, -0.25) is 4.98 Å². The summed E-state index contributed by atoms with van der Waals surface area (Å²) in [6, 6.07) is 10.6. The lowest BCUT2D eigenvalue weighted by molar-refractivity contribution is -0.137. The van der Waals surface area contributed by atoms with E-state index in [4.69, 9.17) is 0 Å². The van der Waals surface area contributed by atoms with Crippen molar-refractivity contribution in [2.75, 3.05) is 0 Å². The van der Waals surface area contributed by atoms with Crippen LogP contribution in [0.4, 0.5) is 13.2 Å². The van der Waals surface area contributed by atoms with Gasteiger partial charge >= 0.3 is 6.18 Å². The number of hydrogen-bond donors (Lipinski definition) is 0. The standard InChI is InChI=1S/C14H10F3N/c15-14(16,17)12-5-3-4-11(10-12)7-8-13-6-1-2-9-18-13/h1-10H. The third-order valence-electron chi connectivity index (χ3n) is 2.35. The van der Waals surface area contributed by atoms with Crippen molar-refractivity contribution in [1.82, 2.24) is 4.98 Å². The zero-order valence-electron chi connectivity index (χ0n) is 9.35. The molecule has 0 fully saturated rings. The highest BCUT2D eigenvalue weighted by molar-refractivity contribution is 5.68. The predicted octanol–water partition coefficient (Wildman–Crippen LogP) is 4.27. The average Bonchev–Trinajstić information content (AvgIpc) is 2.37. The third kappa shape index (κ3) is 3.20. The Balaban J connectivity index is 2.23. The van der Waals surface area contributed by atoms with E-state index in [1.807, 2.05) is 6.07 Å². The minimum atomic E-state index is -4.31. The molecule has 0 aliphatic heterocycles. The number of halogens is 3. The SMILES string of the molecule is FC(F)(F)c1cccc(C=Cc2ccccn2)c1. The Kier molecular flexibility index (Phi) is 3.46. The van der Waals surface area contributed by atoms with Crippen molar-refractivity contribution >= 4 is 12.2 Å². The highest BCUT2D eigenvalue weighted by Crippen LogP contribution is 2.29. The van der Waals surface area contributed by atoms with Gasteiger partial charge in [-0.25, -0.2) is 0 Å². The number of aromatic nitrogens is 1. The van der Waals surface area contributed by atoms with E-state index in [-0.39, 0.29) is 0 Å². The fraction of sp³-hybridized carbons (Fsp3) is 0.0714. The van der Waals surface area contributed by atoms with Crippen molar-refractivity contribution in [3.05, 3.63) is 65.5 Å². The molecular weight excluding hydrogens is 239 g/mol. The number of nitrogens with zero attached hydrogens (tertiary/aromatic N) is 1. The van der Waals surface area contributed by atoms with Gasteiger partial charge in [0, 0.05) is 6.20 Å². The van der Waals surface area contributed by atoms with Crippen LogP contribution in [-0.2, 0) is 6.18 Å². The lowest BCUT2D eigenvalue weighted by atomic mass is 10.1. The Labute approximate surface area is 103 Å². The maximum Gasteiger partial charge on any atom is 0.416 e. The van der Waals surface area contributed by atoms with Gasteiger partial charge in [0.25, 0.3) is 0 Å². The summed E-state index contributed by atoms with van der Waals surface area (Å²) in [6.45, 7) is 0. The minimum Gasteiger partial charge on any atom is -0.257 e. The van der Waals surface area contributed by atoms with E-state index in [0.29, 0.717) is 11.3 Å². The Morgan fingerprint density at radius 1 is 0.944 bits per heavy atom. The number of pyridine rings is 1. The molecule has 0 N–H and O–H groups in total. The van der Waals surface area contributed by atoms with E-state index >= 15 is 0 Å². The summed E-state index contributed by atoms with van der Waals surface area (Å²) in [7, 11) is 0. The number of benzene rings is 1. The van der Waals surface area contributed by atoms with E-state index in [9.17, 15) is 13.2 Å². The van der Waals surface area contributed by atoms with Crippen LogP contribution in [-0.4, -0.2) is 4.98 Å². The molecule has 0 atom stereocenters. The normalized spacial score (nSPS) is 11.9. The monoisotopic (exact) mass is 249 g/mol. The molecule has 0 bridgehead atoms. The number of alkyl halides is 3. The van der Waals surface area contributed by atoms with Gasteiger partial charge in [-0.1, -0.05) is 24.3 Å². The van der Waals surface area contributed by atoms with Crippen LogP contribution in [0.25, 0.3) is 12.2 Å². The third-order valence-corrected chi connectivity index (χ3v) is 2.35. The zero-order chi connectivity index (χ0) is 13.0. The molecule has 1 heterocycles. The molecule has 18 heavy (non-hydrogen) atoms. The highest BCUT2D eigenvalue weighted by atomic mass is 19.4. The Hall–Kier alpha value is -2.10. The Morgan fingerprint density at radius 2 is 1.78 bits per heavy atom. The highest BCUT2D eigenvalue weighted by Gasteiger charge is 2.30. The Bertz CT molecular complexity index is 544. The summed E-state index contributed by atoms with van der Waals surface area (Å²) in [5.74, 6) is 0. The first-order chi connectivity index (χ1) is 8.55. The topological polar surface area (TPSA) is 12.9 Å². The number of hydrogen-bond acceptors (Lipinski definition) is 1. The molecule has 0 unspecified atom stereocenters. The molecular formula is C14H10F3N. The average molecular weight is 249 g/mol. The first kappa shape index (κ1) is 12.4. The largest absolute Gasteiger partial charge is 0.416 e. The maximum atomic E-state index is 12.5. The van der Waals surface area contributed by atoms with Gasteiger partial charge in [0.2, 0.25) is 0 Å². The van der Waals surface area contributed by atoms with Crippen LogP contribution in [0.1, 0.15) is 16.8 Å². The maximum absolute atomic E-state index is 12.5. The second-order valence-corrected chi connectivity index (χ2v) is 3.71. The van der Waals surface area contributed by atoms with Crippen LogP contribution in [0, 0.1) is 0 Å². The van der Waals surface area contributed by atoms with Crippen molar-refractivity contribution in [3.8, 4) is 0 Å². The second-order valence-electron chi connectivity index (χ2n) is 3.71. The molecule has 0 aliphatic carbocycles. The first-order valence-electron chi connectivity index (χ1n) is 5.32. The predicted molar refractivity (Wildman–Crippen MR) is 64.6 cm³/mol. The van der Waals surface area contributed by atoms with Gasteiger partial charge in [-0.15, -0.1) is 0 Å². The summed E-state index contributed by atoms with van der Waals surface area (Å²) in [5.41, 5.74) is 0.552. The lowest BCUT2D eigenvalue weighted by Gasteiger charge is -2.06. The van der Waals surface area contributed by atoms with Crippen LogP contribution >= 0.6 is 0 Å². The zero-order valence-corrected chi connectivity index (χ0v) is 9.35. The van der Waals surface area contributed by atoms with Crippen LogP contribution in [0.2, 0.25) is 0 Å². The first-order valence-corrected chi connectivity index (χ1v) is 5.32. The van der Waals surface area contributed by atoms with Gasteiger partial charge in [0.15, 0.2) is 0 Å². The van der Waals surface area contributed by atoms with Crippen molar-refractivity contribution in [2.45, 2.75) is 6.18 Å². The van der Waals surface area contributed by atoms with E-state index in [1.54, 1.807) is 36.5 Å². The van der Waals surface area contributed by atoms with Gasteiger partial charge in [-0.05, 0) is 35.9 Å². The fourth-order valence-corrected chi connectivity index (χ4v) is 1.47. The minimum absolute atomic E-state index is 0.496. The second kappa shape index (κ2) is 5.04. The molecule has 2 rings (SSSR count). The van der Waals surface area contributed by atoms with E-state index in [2.05, 4.69) is 4.98 Å². The van der Waals surface area contributed by atoms with E-state index < -0.39 is 11.7 Å². The van der Waals surface area contributed by atoms with E-state index in [0.717, 1.165) is 12.1 Å². The smallest absolute Gasteiger partial charge is 0.257 e. The molecule has 92 valence electrons. The molecule has 1 nitrogen and oxygen atoms in total. The van der Waals surface area contributed by atoms with Gasteiger partial charge < -0.3 is 0 Å². The van der Waals surface area contributed by atoms with Crippen molar-refractivity contribution in [2.24, 2.45) is 0 Å². The molecule has 0 radical (unpaired) electrons. The van der Waals surface area contributed by atoms with Gasteiger partial charge in [-0.2, -0.15) is 13.2 Å². The van der Waals surface area contributed by atoms with Gasteiger partial charge in [0.05, 0.1) is 11.3 Å². The van der Waals surface area contributed by atoms with Crippen LogP contribution < -0.4 is 0 Å². The molecule has 0 aliphatic rings. The van der Waals surface area contributed by atoms with Crippen LogP contribution in [0.15, 0.2) is 48.7 Å². The molecule has 0 saturated heterocycles. The summed E-state index contributed by atoms with van der Waals surface area (Å²) >= 11 is 0. The fourth-order valence-electron chi connectivity index (χ4n) is 1.47. The molecule has 0 spiro atoms. The molecule has 0 amide bonds. The molecule has 1 aromatic carbocycles.